The van der Waals surface area contributed by atoms with E-state index in [4.69, 9.17) is 15.5 Å². The first kappa shape index (κ1) is 25.6. The second-order valence-electron chi connectivity index (χ2n) is 10.2. The molecule has 192 valence electrons. The van der Waals surface area contributed by atoms with E-state index in [9.17, 15) is 9.59 Å². The molecule has 8 nitrogen and oxygen atoms in total. The maximum atomic E-state index is 13.1. The number of likely N-dealkylation sites (tertiary alicyclic amines) is 1. The molecule has 0 bridgehead atoms. The molecule has 2 amide bonds. The highest BCUT2D eigenvalue weighted by molar-refractivity contribution is 5.79. The van der Waals surface area contributed by atoms with E-state index in [1.54, 1.807) is 7.11 Å². The molecule has 4 rings (SSSR count). The van der Waals surface area contributed by atoms with Crippen LogP contribution in [-0.2, 0) is 20.9 Å². The van der Waals surface area contributed by atoms with Crippen LogP contribution in [0.5, 0.6) is 0 Å². The van der Waals surface area contributed by atoms with Crippen molar-refractivity contribution < 1.29 is 14.3 Å². The molecule has 1 aliphatic heterocycles. The number of benzene rings is 1. The second kappa shape index (κ2) is 12.5. The lowest BCUT2D eigenvalue weighted by molar-refractivity contribution is -0.133. The lowest BCUT2D eigenvalue weighted by Crippen LogP contribution is -2.45. The van der Waals surface area contributed by atoms with Crippen LogP contribution >= 0.6 is 0 Å². The lowest BCUT2D eigenvalue weighted by Gasteiger charge is -2.33. The van der Waals surface area contributed by atoms with Gasteiger partial charge in [-0.1, -0.05) is 31.4 Å². The molecule has 0 unspecified atom stereocenters. The third kappa shape index (κ3) is 6.61. The first-order valence-corrected chi connectivity index (χ1v) is 13.3. The van der Waals surface area contributed by atoms with Crippen LogP contribution < -0.4 is 11.1 Å². The number of piperidine rings is 1. The number of nitrogens with two attached hydrogens (primary N) is 1. The summed E-state index contributed by atoms with van der Waals surface area (Å²) in [4.78, 5) is 32.4. The molecule has 1 aromatic heterocycles. The van der Waals surface area contributed by atoms with Gasteiger partial charge in [-0.25, -0.2) is 4.98 Å². The molecular weight excluding hydrogens is 442 g/mol. The van der Waals surface area contributed by atoms with Gasteiger partial charge < -0.3 is 25.3 Å². The van der Waals surface area contributed by atoms with Crippen LogP contribution in [0.3, 0.4) is 0 Å². The van der Waals surface area contributed by atoms with Gasteiger partial charge >= 0.3 is 0 Å². The van der Waals surface area contributed by atoms with E-state index in [0.717, 1.165) is 74.9 Å². The van der Waals surface area contributed by atoms with Gasteiger partial charge in [-0.3, -0.25) is 9.59 Å². The number of aryl methyl sites for hydroxylation is 1. The van der Waals surface area contributed by atoms with Crippen molar-refractivity contribution in [1.29, 1.82) is 0 Å². The number of hydrogen-bond acceptors (Lipinski definition) is 5. The molecule has 2 fully saturated rings. The molecule has 35 heavy (non-hydrogen) atoms. The number of hydrogen-bond donors (Lipinski definition) is 2. The van der Waals surface area contributed by atoms with Crippen molar-refractivity contribution in [1.82, 2.24) is 19.8 Å². The summed E-state index contributed by atoms with van der Waals surface area (Å²) in [5.41, 5.74) is 8.39. The Balaban J connectivity index is 1.34. The van der Waals surface area contributed by atoms with E-state index in [2.05, 4.69) is 22.0 Å². The van der Waals surface area contributed by atoms with E-state index < -0.39 is 0 Å². The van der Waals surface area contributed by atoms with Gasteiger partial charge in [0.25, 0.3) is 0 Å². The van der Waals surface area contributed by atoms with Crippen LogP contribution in [-0.4, -0.2) is 65.7 Å². The van der Waals surface area contributed by atoms with E-state index in [0.29, 0.717) is 19.7 Å². The molecule has 2 atom stereocenters. The smallest absolute Gasteiger partial charge is 0.224 e. The van der Waals surface area contributed by atoms with Crippen molar-refractivity contribution in [3.8, 4) is 0 Å². The Morgan fingerprint density at radius 3 is 2.77 bits per heavy atom. The summed E-state index contributed by atoms with van der Waals surface area (Å²) in [6.45, 7) is 3.32. The Kier molecular flexibility index (Phi) is 9.15. The summed E-state index contributed by atoms with van der Waals surface area (Å²) in [5.74, 6) is 1.53. The van der Waals surface area contributed by atoms with Gasteiger partial charge in [0.15, 0.2) is 0 Å². The van der Waals surface area contributed by atoms with Gasteiger partial charge in [-0.2, -0.15) is 0 Å². The minimum Gasteiger partial charge on any atom is -0.385 e. The molecule has 1 saturated heterocycles. The first-order valence-electron chi connectivity index (χ1n) is 13.3. The molecule has 8 heteroatoms. The van der Waals surface area contributed by atoms with Gasteiger partial charge in [0, 0.05) is 64.2 Å². The number of para-hydroxylation sites is 2. The number of amides is 2. The second-order valence-corrected chi connectivity index (χ2v) is 10.2. The van der Waals surface area contributed by atoms with E-state index in [1.165, 1.54) is 6.42 Å². The van der Waals surface area contributed by atoms with Crippen LogP contribution in [0.15, 0.2) is 24.3 Å². The minimum atomic E-state index is -0.367. The Morgan fingerprint density at radius 2 is 1.97 bits per heavy atom. The summed E-state index contributed by atoms with van der Waals surface area (Å²) >= 11 is 0. The minimum absolute atomic E-state index is 0.0659. The summed E-state index contributed by atoms with van der Waals surface area (Å²) in [6.07, 6.45) is 8.53. The molecule has 2 aromatic rings. The fourth-order valence-corrected chi connectivity index (χ4v) is 5.59. The number of methoxy groups -OCH3 is 1. The number of carbonyl (C=O) groups is 2. The molecule has 2 heterocycles. The maximum absolute atomic E-state index is 13.1. The molecule has 1 saturated carbocycles. The number of nitrogens with one attached hydrogen (secondary N) is 1. The van der Waals surface area contributed by atoms with Crippen LogP contribution in [0.25, 0.3) is 11.0 Å². The van der Waals surface area contributed by atoms with Crippen LogP contribution in [0.2, 0.25) is 0 Å². The molecule has 1 aliphatic carbocycles. The monoisotopic (exact) mass is 483 g/mol. The molecule has 3 N–H and O–H groups in total. The van der Waals surface area contributed by atoms with Crippen LogP contribution in [0.1, 0.15) is 69.5 Å². The Hall–Kier alpha value is -2.45. The average Bonchev–Trinajstić information content (AvgIpc) is 3.26. The highest BCUT2D eigenvalue weighted by atomic mass is 16.5. The number of rotatable bonds is 10. The number of aromatic nitrogens is 2. The van der Waals surface area contributed by atoms with Crippen molar-refractivity contribution in [2.75, 3.05) is 33.4 Å². The summed E-state index contributed by atoms with van der Waals surface area (Å²) < 4.78 is 7.57. The van der Waals surface area contributed by atoms with Crippen molar-refractivity contribution in [2.24, 2.45) is 11.7 Å². The van der Waals surface area contributed by atoms with Crippen molar-refractivity contribution in [2.45, 2.75) is 76.3 Å². The third-order valence-electron chi connectivity index (χ3n) is 7.50. The number of imidazole rings is 1. The molecule has 0 spiro atoms. The average molecular weight is 484 g/mol. The zero-order valence-corrected chi connectivity index (χ0v) is 21.1. The molecule has 2 aliphatic rings. The Morgan fingerprint density at radius 1 is 1.17 bits per heavy atom. The highest BCUT2D eigenvalue weighted by Crippen LogP contribution is 2.30. The van der Waals surface area contributed by atoms with E-state index in [-0.39, 0.29) is 36.1 Å². The van der Waals surface area contributed by atoms with Crippen molar-refractivity contribution >= 4 is 22.8 Å². The largest absolute Gasteiger partial charge is 0.385 e. The number of fused-ring (bicyclic) bond motifs is 1. The fourth-order valence-electron chi connectivity index (χ4n) is 5.59. The molecular formula is C27H41N5O3. The van der Waals surface area contributed by atoms with Gasteiger partial charge in [0.05, 0.1) is 11.0 Å². The molecule has 1 aromatic carbocycles. The quantitative estimate of drug-likeness (QED) is 0.505. The number of ether oxygens (including phenoxy) is 1. The van der Waals surface area contributed by atoms with Crippen LogP contribution in [0, 0.1) is 5.92 Å². The van der Waals surface area contributed by atoms with Crippen molar-refractivity contribution in [3.63, 3.8) is 0 Å². The Labute approximate surface area is 208 Å². The van der Waals surface area contributed by atoms with Gasteiger partial charge in [0.2, 0.25) is 11.8 Å². The van der Waals surface area contributed by atoms with Crippen LogP contribution in [0.4, 0.5) is 0 Å². The van der Waals surface area contributed by atoms with E-state index in [1.807, 2.05) is 17.0 Å². The summed E-state index contributed by atoms with van der Waals surface area (Å²) in [6, 6.07) is 7.87. The highest BCUT2D eigenvalue weighted by Gasteiger charge is 2.29. The zero-order chi connectivity index (χ0) is 24.6. The van der Waals surface area contributed by atoms with Gasteiger partial charge in [-0.05, 0) is 44.2 Å². The fraction of sp³-hybridized carbons (Fsp3) is 0.667. The lowest BCUT2D eigenvalue weighted by atomic mass is 9.88. The predicted octanol–water partition coefficient (Wildman–Crippen LogP) is 3.19. The molecule has 0 radical (unpaired) electrons. The maximum Gasteiger partial charge on any atom is 0.224 e. The van der Waals surface area contributed by atoms with E-state index >= 15 is 0 Å². The summed E-state index contributed by atoms with van der Waals surface area (Å²) in [5, 5.41) is 2.98. The SMILES string of the molecule is COCCCn1c([C@@H]2CCCN(C(=O)C[C@@H](N)CNC(=O)C3CCCCC3)C2)nc2ccccc21. The zero-order valence-electron chi connectivity index (χ0n) is 21.1. The summed E-state index contributed by atoms with van der Waals surface area (Å²) in [7, 11) is 1.73. The number of nitrogens with zero attached hydrogens (tertiary/aromatic N) is 3. The first-order chi connectivity index (χ1) is 17.1. The standard InChI is InChI=1S/C27H41N5O3/c1-35-16-8-15-32-24-13-6-5-12-23(24)30-26(32)21-11-7-14-31(19-21)25(33)17-22(28)18-29-27(34)20-9-3-2-4-10-20/h5-6,12-13,20-22H,2-4,7-11,14-19,28H2,1H3,(H,29,34)/t21-,22-/m1/s1. The third-order valence-corrected chi connectivity index (χ3v) is 7.50. The van der Waals surface area contributed by atoms with Gasteiger partial charge in [-0.15, -0.1) is 0 Å². The topological polar surface area (TPSA) is 102 Å². The Bertz CT molecular complexity index is 984. The number of carbonyl (C=O) groups excluding carboxylic acids is 2. The van der Waals surface area contributed by atoms with Gasteiger partial charge in [0.1, 0.15) is 5.82 Å². The van der Waals surface area contributed by atoms with Crippen molar-refractivity contribution in [3.05, 3.63) is 30.1 Å². The normalized spacial score (nSPS) is 20.2. The predicted molar refractivity (Wildman–Crippen MR) is 137 cm³/mol.